The fourth-order valence-electron chi connectivity index (χ4n) is 4.49. The summed E-state index contributed by atoms with van der Waals surface area (Å²) >= 11 is 0. The van der Waals surface area contributed by atoms with Gasteiger partial charge < -0.3 is 20.6 Å². The van der Waals surface area contributed by atoms with Crippen LogP contribution in [0.15, 0.2) is 0 Å². The average molecular weight is 295 g/mol. The summed E-state index contributed by atoms with van der Waals surface area (Å²) in [6, 6.07) is -0.388. The van der Waals surface area contributed by atoms with Crippen LogP contribution in [0.25, 0.3) is 0 Å². The second-order valence-corrected chi connectivity index (χ2v) is 6.99. The van der Waals surface area contributed by atoms with Gasteiger partial charge in [0.15, 0.2) is 0 Å². The minimum atomic E-state index is -0.759. The minimum absolute atomic E-state index is 0.187. The second kappa shape index (κ2) is 5.83. The Morgan fingerprint density at radius 1 is 1.24 bits per heavy atom. The Labute approximate surface area is 125 Å². The zero-order chi connectivity index (χ0) is 15.0. The second-order valence-electron chi connectivity index (χ2n) is 6.99. The fraction of sp³-hybridized carbons (Fsp3) is 0.867. The molecular formula is C15H25N3O3. The number of urea groups is 1. The number of carbonyl (C=O) groups excluding carboxylic acids is 1. The number of hydrogen-bond donors (Lipinski definition) is 3. The van der Waals surface area contributed by atoms with Crippen molar-refractivity contribution in [3.63, 3.8) is 0 Å². The molecular weight excluding hydrogens is 270 g/mol. The fourth-order valence-corrected chi connectivity index (χ4v) is 4.49. The predicted octanol–water partition coefficient (Wildman–Crippen LogP) is 0.737. The molecule has 3 aliphatic rings. The van der Waals surface area contributed by atoms with E-state index in [0.717, 1.165) is 38.8 Å². The molecule has 2 aliphatic carbocycles. The van der Waals surface area contributed by atoms with E-state index in [1.807, 2.05) is 0 Å². The SMILES string of the molecule is CN1CCC(CNC(=O)NC2C3CCC(C3)C2C(=O)O)C1. The Balaban J connectivity index is 1.49. The monoisotopic (exact) mass is 295 g/mol. The molecule has 1 heterocycles. The van der Waals surface area contributed by atoms with E-state index in [2.05, 4.69) is 22.6 Å². The third-order valence-electron chi connectivity index (χ3n) is 5.54. The van der Waals surface area contributed by atoms with Gasteiger partial charge in [0, 0.05) is 19.1 Å². The van der Waals surface area contributed by atoms with E-state index in [9.17, 15) is 14.7 Å². The van der Waals surface area contributed by atoms with Gasteiger partial charge in [0.1, 0.15) is 0 Å². The molecule has 3 N–H and O–H groups in total. The minimum Gasteiger partial charge on any atom is -0.481 e. The summed E-state index contributed by atoms with van der Waals surface area (Å²) in [5, 5.41) is 15.2. The van der Waals surface area contributed by atoms with E-state index in [4.69, 9.17) is 0 Å². The summed E-state index contributed by atoms with van der Waals surface area (Å²) in [5.41, 5.74) is 0. The third kappa shape index (κ3) is 3.00. The van der Waals surface area contributed by atoms with Gasteiger partial charge in [0.25, 0.3) is 0 Å². The van der Waals surface area contributed by atoms with Crippen molar-refractivity contribution in [2.45, 2.75) is 31.7 Å². The number of carboxylic acid groups (broad SMARTS) is 1. The first-order valence-electron chi connectivity index (χ1n) is 8.00. The highest BCUT2D eigenvalue weighted by Crippen LogP contribution is 2.48. The van der Waals surface area contributed by atoms with Crippen molar-refractivity contribution in [2.24, 2.45) is 23.7 Å². The summed E-state index contributed by atoms with van der Waals surface area (Å²) in [4.78, 5) is 25.7. The molecule has 5 unspecified atom stereocenters. The van der Waals surface area contributed by atoms with Crippen LogP contribution >= 0.6 is 0 Å². The third-order valence-corrected chi connectivity index (χ3v) is 5.54. The van der Waals surface area contributed by atoms with Crippen LogP contribution in [0.4, 0.5) is 4.79 Å². The lowest BCUT2D eigenvalue weighted by Crippen LogP contribution is -2.50. The number of nitrogens with zero attached hydrogens (tertiary/aromatic N) is 1. The van der Waals surface area contributed by atoms with Gasteiger partial charge >= 0.3 is 12.0 Å². The van der Waals surface area contributed by atoms with Gasteiger partial charge in [-0.2, -0.15) is 0 Å². The average Bonchev–Trinajstić information content (AvgIpc) is 3.11. The largest absolute Gasteiger partial charge is 0.481 e. The molecule has 6 heteroatoms. The van der Waals surface area contributed by atoms with Crippen molar-refractivity contribution < 1.29 is 14.7 Å². The Morgan fingerprint density at radius 2 is 2.00 bits per heavy atom. The number of amides is 2. The number of rotatable bonds is 4. The van der Waals surface area contributed by atoms with Gasteiger partial charge in [0.2, 0.25) is 0 Å². The Hall–Kier alpha value is -1.30. The summed E-state index contributed by atoms with van der Waals surface area (Å²) in [6.07, 6.45) is 4.11. The van der Waals surface area contributed by atoms with E-state index >= 15 is 0 Å². The number of likely N-dealkylation sites (tertiary alicyclic amines) is 1. The molecule has 6 nitrogen and oxygen atoms in total. The molecule has 3 fully saturated rings. The zero-order valence-corrected chi connectivity index (χ0v) is 12.5. The van der Waals surface area contributed by atoms with E-state index in [0.29, 0.717) is 18.4 Å². The standard InChI is InChI=1S/C15H25N3O3/c1-18-5-4-9(8-18)7-16-15(21)17-13-11-3-2-10(6-11)12(13)14(19)20/h9-13H,2-8H2,1H3,(H,19,20)(H2,16,17,21). The molecule has 2 amide bonds. The lowest BCUT2D eigenvalue weighted by Gasteiger charge is -2.29. The van der Waals surface area contributed by atoms with Gasteiger partial charge in [-0.25, -0.2) is 4.79 Å². The van der Waals surface area contributed by atoms with E-state index in [1.54, 1.807) is 0 Å². The lowest BCUT2D eigenvalue weighted by molar-refractivity contribution is -0.144. The van der Waals surface area contributed by atoms with Crippen molar-refractivity contribution in [1.29, 1.82) is 0 Å². The van der Waals surface area contributed by atoms with Gasteiger partial charge in [0.05, 0.1) is 5.92 Å². The van der Waals surface area contributed by atoms with Gasteiger partial charge in [-0.1, -0.05) is 0 Å². The molecule has 5 atom stereocenters. The molecule has 0 aromatic rings. The summed E-state index contributed by atoms with van der Waals surface area (Å²) in [6.45, 7) is 2.78. The van der Waals surface area contributed by atoms with Gasteiger partial charge in [-0.15, -0.1) is 0 Å². The molecule has 3 rings (SSSR count). The molecule has 2 saturated carbocycles. The molecule has 21 heavy (non-hydrogen) atoms. The van der Waals surface area contributed by atoms with Crippen molar-refractivity contribution in [2.75, 3.05) is 26.7 Å². The van der Waals surface area contributed by atoms with Crippen LogP contribution in [0.1, 0.15) is 25.7 Å². The first-order valence-corrected chi connectivity index (χ1v) is 8.00. The lowest BCUT2D eigenvalue weighted by atomic mass is 9.84. The van der Waals surface area contributed by atoms with Crippen molar-refractivity contribution in [3.8, 4) is 0 Å². The molecule has 118 valence electrons. The first-order chi connectivity index (χ1) is 10.0. The number of aliphatic carboxylic acids is 1. The summed E-state index contributed by atoms with van der Waals surface area (Å²) in [7, 11) is 2.09. The predicted molar refractivity (Wildman–Crippen MR) is 77.9 cm³/mol. The van der Waals surface area contributed by atoms with Crippen molar-refractivity contribution >= 4 is 12.0 Å². The molecule has 0 spiro atoms. The normalized spacial score (nSPS) is 38.6. The molecule has 0 radical (unpaired) electrons. The van der Waals surface area contributed by atoms with E-state index < -0.39 is 11.9 Å². The highest BCUT2D eigenvalue weighted by atomic mass is 16.4. The van der Waals surface area contributed by atoms with Crippen LogP contribution in [0, 0.1) is 23.7 Å². The van der Waals surface area contributed by atoms with Crippen LogP contribution in [0.2, 0.25) is 0 Å². The molecule has 0 aromatic heterocycles. The number of carbonyl (C=O) groups is 2. The quantitative estimate of drug-likeness (QED) is 0.714. The maximum atomic E-state index is 12.1. The van der Waals surface area contributed by atoms with Crippen molar-refractivity contribution in [1.82, 2.24) is 15.5 Å². The van der Waals surface area contributed by atoms with Crippen LogP contribution in [-0.4, -0.2) is 54.7 Å². The number of fused-ring (bicyclic) bond motifs is 2. The van der Waals surface area contributed by atoms with Gasteiger partial charge in [-0.05, 0) is 57.0 Å². The Bertz CT molecular complexity index is 428. The Kier molecular flexibility index (Phi) is 4.06. The van der Waals surface area contributed by atoms with Gasteiger partial charge in [-0.3, -0.25) is 4.79 Å². The maximum Gasteiger partial charge on any atom is 0.315 e. The topological polar surface area (TPSA) is 81.7 Å². The number of carboxylic acids is 1. The molecule has 2 bridgehead atoms. The van der Waals surface area contributed by atoms with Crippen LogP contribution in [0.3, 0.4) is 0 Å². The van der Waals surface area contributed by atoms with Crippen LogP contribution < -0.4 is 10.6 Å². The summed E-state index contributed by atoms with van der Waals surface area (Å²) in [5.74, 6) is -0.0474. The molecule has 1 saturated heterocycles. The van der Waals surface area contributed by atoms with Crippen LogP contribution in [-0.2, 0) is 4.79 Å². The van der Waals surface area contributed by atoms with Crippen molar-refractivity contribution in [3.05, 3.63) is 0 Å². The first kappa shape index (κ1) is 14.6. The highest BCUT2D eigenvalue weighted by Gasteiger charge is 2.51. The maximum absolute atomic E-state index is 12.1. The highest BCUT2D eigenvalue weighted by molar-refractivity contribution is 5.77. The summed E-state index contributed by atoms with van der Waals surface area (Å²) < 4.78 is 0. The molecule has 1 aliphatic heterocycles. The Morgan fingerprint density at radius 3 is 2.67 bits per heavy atom. The smallest absolute Gasteiger partial charge is 0.315 e. The zero-order valence-electron chi connectivity index (χ0n) is 12.5. The molecule has 0 aromatic carbocycles. The van der Waals surface area contributed by atoms with Crippen LogP contribution in [0.5, 0.6) is 0 Å². The van der Waals surface area contributed by atoms with E-state index in [1.165, 1.54) is 0 Å². The number of hydrogen-bond acceptors (Lipinski definition) is 3. The van der Waals surface area contributed by atoms with E-state index in [-0.39, 0.29) is 18.0 Å². The number of nitrogens with one attached hydrogen (secondary N) is 2.